The van der Waals surface area contributed by atoms with Crippen molar-refractivity contribution in [1.82, 2.24) is 0 Å². The Morgan fingerprint density at radius 1 is 1.10 bits per heavy atom. The van der Waals surface area contributed by atoms with Crippen LogP contribution in [-0.2, 0) is 6.18 Å². The molecule has 112 valence electrons. The number of para-hydroxylation sites is 1. The average molecular weight is 317 g/mol. The van der Waals surface area contributed by atoms with Crippen molar-refractivity contribution in [3.05, 3.63) is 64.7 Å². The number of alkyl halides is 3. The molecule has 2 aromatic rings. The van der Waals surface area contributed by atoms with Crippen molar-refractivity contribution < 1.29 is 23.0 Å². The molecule has 0 heterocycles. The number of aliphatic hydroxyl groups excluding tert-OH is 1. The van der Waals surface area contributed by atoms with Gasteiger partial charge in [0.1, 0.15) is 18.5 Å². The molecule has 0 saturated heterocycles. The van der Waals surface area contributed by atoms with E-state index >= 15 is 0 Å². The first kappa shape index (κ1) is 15.7. The number of ether oxygens (including phenoxy) is 1. The van der Waals surface area contributed by atoms with E-state index in [0.29, 0.717) is 10.8 Å². The minimum atomic E-state index is -4.45. The lowest BCUT2D eigenvalue weighted by molar-refractivity contribution is -0.137. The van der Waals surface area contributed by atoms with Crippen LogP contribution in [0.4, 0.5) is 13.2 Å². The fraction of sp³-hybridized carbons (Fsp3) is 0.200. The summed E-state index contributed by atoms with van der Waals surface area (Å²) in [5.41, 5.74) is -0.673. The highest BCUT2D eigenvalue weighted by molar-refractivity contribution is 6.32. The Morgan fingerprint density at radius 2 is 1.81 bits per heavy atom. The summed E-state index contributed by atoms with van der Waals surface area (Å²) < 4.78 is 43.1. The van der Waals surface area contributed by atoms with Crippen molar-refractivity contribution in [2.45, 2.75) is 12.3 Å². The molecular formula is C15H12ClF3O2. The number of benzene rings is 2. The lowest BCUT2D eigenvalue weighted by Gasteiger charge is -2.15. The maximum atomic E-state index is 12.6. The Bertz CT molecular complexity index is 614. The van der Waals surface area contributed by atoms with Gasteiger partial charge >= 0.3 is 6.18 Å². The normalized spacial score (nSPS) is 13.0. The molecule has 0 aromatic heterocycles. The molecule has 0 amide bonds. The second-order valence-electron chi connectivity index (χ2n) is 4.38. The first-order valence-electron chi connectivity index (χ1n) is 6.10. The molecule has 0 saturated carbocycles. The molecule has 0 spiro atoms. The van der Waals surface area contributed by atoms with Gasteiger partial charge in [0.2, 0.25) is 0 Å². The molecular weight excluding hydrogens is 305 g/mol. The molecule has 1 N–H and O–H groups in total. The van der Waals surface area contributed by atoms with Crippen LogP contribution in [0.25, 0.3) is 0 Å². The monoisotopic (exact) mass is 316 g/mol. The third-order valence-corrected chi connectivity index (χ3v) is 3.14. The molecule has 2 rings (SSSR count). The molecule has 6 heteroatoms. The molecule has 0 radical (unpaired) electrons. The van der Waals surface area contributed by atoms with E-state index in [1.807, 2.05) is 0 Å². The van der Waals surface area contributed by atoms with E-state index in [9.17, 15) is 18.3 Å². The van der Waals surface area contributed by atoms with Crippen molar-refractivity contribution in [2.75, 3.05) is 6.61 Å². The minimum Gasteiger partial charge on any atom is -0.489 e. The van der Waals surface area contributed by atoms with Gasteiger partial charge in [-0.3, -0.25) is 0 Å². The van der Waals surface area contributed by atoms with Gasteiger partial charge in [0.25, 0.3) is 0 Å². The van der Waals surface area contributed by atoms with E-state index < -0.39 is 17.8 Å². The highest BCUT2D eigenvalue weighted by Crippen LogP contribution is 2.31. The predicted octanol–water partition coefficient (Wildman–Crippen LogP) is 4.47. The quantitative estimate of drug-likeness (QED) is 0.901. The van der Waals surface area contributed by atoms with Gasteiger partial charge in [0.05, 0.1) is 10.6 Å². The smallest absolute Gasteiger partial charge is 0.416 e. The van der Waals surface area contributed by atoms with Crippen LogP contribution in [0.15, 0.2) is 48.5 Å². The first-order valence-corrected chi connectivity index (χ1v) is 6.48. The molecule has 0 aliphatic heterocycles. The summed E-state index contributed by atoms with van der Waals surface area (Å²) >= 11 is 5.88. The van der Waals surface area contributed by atoms with Crippen LogP contribution >= 0.6 is 11.6 Å². The summed E-state index contributed by atoms with van der Waals surface area (Å²) in [6.07, 6.45) is -5.62. The van der Waals surface area contributed by atoms with Crippen molar-refractivity contribution in [3.8, 4) is 5.75 Å². The highest BCUT2D eigenvalue weighted by atomic mass is 35.5. The SMILES string of the molecule is OC(COc1ccccc1Cl)c1cccc(C(F)(F)F)c1. The Morgan fingerprint density at radius 3 is 2.48 bits per heavy atom. The molecule has 0 aliphatic rings. The van der Waals surface area contributed by atoms with Gasteiger partial charge in [-0.25, -0.2) is 0 Å². The molecule has 2 nitrogen and oxygen atoms in total. The summed E-state index contributed by atoms with van der Waals surface area (Å²) in [5, 5.41) is 10.3. The lowest BCUT2D eigenvalue weighted by atomic mass is 10.1. The minimum absolute atomic E-state index is 0.136. The van der Waals surface area contributed by atoms with E-state index in [1.54, 1.807) is 24.3 Å². The Hall–Kier alpha value is -1.72. The fourth-order valence-electron chi connectivity index (χ4n) is 1.75. The van der Waals surface area contributed by atoms with Crippen LogP contribution in [0.1, 0.15) is 17.2 Å². The zero-order chi connectivity index (χ0) is 15.5. The second-order valence-corrected chi connectivity index (χ2v) is 4.79. The zero-order valence-corrected chi connectivity index (χ0v) is 11.5. The summed E-state index contributed by atoms with van der Waals surface area (Å²) in [6.45, 7) is -0.189. The van der Waals surface area contributed by atoms with E-state index in [-0.39, 0.29) is 12.2 Å². The van der Waals surface area contributed by atoms with Crippen molar-refractivity contribution >= 4 is 11.6 Å². The number of rotatable bonds is 4. The standard InChI is InChI=1S/C15H12ClF3O2/c16-12-6-1-2-7-14(12)21-9-13(20)10-4-3-5-11(8-10)15(17,18)19/h1-8,13,20H,9H2. The Kier molecular flexibility index (Phi) is 4.75. The molecule has 2 aromatic carbocycles. The lowest BCUT2D eigenvalue weighted by Crippen LogP contribution is -2.12. The number of halogens is 4. The molecule has 0 fully saturated rings. The summed E-state index contributed by atoms with van der Waals surface area (Å²) in [6, 6.07) is 11.2. The maximum absolute atomic E-state index is 12.6. The van der Waals surface area contributed by atoms with E-state index in [4.69, 9.17) is 16.3 Å². The van der Waals surface area contributed by atoms with E-state index in [1.165, 1.54) is 12.1 Å². The largest absolute Gasteiger partial charge is 0.489 e. The topological polar surface area (TPSA) is 29.5 Å². The molecule has 0 aliphatic carbocycles. The van der Waals surface area contributed by atoms with Crippen LogP contribution in [0.2, 0.25) is 5.02 Å². The van der Waals surface area contributed by atoms with Crippen LogP contribution < -0.4 is 4.74 Å². The van der Waals surface area contributed by atoms with Crippen LogP contribution in [0, 0.1) is 0 Å². The second kappa shape index (κ2) is 6.37. The Balaban J connectivity index is 2.07. The van der Waals surface area contributed by atoms with E-state index in [2.05, 4.69) is 0 Å². The Labute approximate surface area is 124 Å². The van der Waals surface area contributed by atoms with Crippen LogP contribution in [-0.4, -0.2) is 11.7 Å². The maximum Gasteiger partial charge on any atom is 0.416 e. The molecule has 0 bridgehead atoms. The average Bonchev–Trinajstić information content (AvgIpc) is 2.45. The van der Waals surface area contributed by atoms with Gasteiger partial charge < -0.3 is 9.84 Å². The highest BCUT2D eigenvalue weighted by Gasteiger charge is 2.30. The number of hydrogen-bond acceptors (Lipinski definition) is 2. The first-order chi connectivity index (χ1) is 9.88. The van der Waals surface area contributed by atoms with Gasteiger partial charge in [-0.05, 0) is 29.8 Å². The van der Waals surface area contributed by atoms with Gasteiger partial charge in [-0.1, -0.05) is 35.9 Å². The summed E-state index contributed by atoms with van der Waals surface area (Å²) in [5.74, 6) is 0.366. The number of hydrogen-bond donors (Lipinski definition) is 1. The van der Waals surface area contributed by atoms with Crippen LogP contribution in [0.5, 0.6) is 5.75 Å². The van der Waals surface area contributed by atoms with Crippen molar-refractivity contribution in [2.24, 2.45) is 0 Å². The number of aliphatic hydroxyl groups is 1. The van der Waals surface area contributed by atoms with Gasteiger partial charge in [0, 0.05) is 0 Å². The molecule has 21 heavy (non-hydrogen) atoms. The molecule has 1 unspecified atom stereocenters. The van der Waals surface area contributed by atoms with Crippen molar-refractivity contribution in [1.29, 1.82) is 0 Å². The van der Waals surface area contributed by atoms with Gasteiger partial charge in [-0.2, -0.15) is 13.2 Å². The van der Waals surface area contributed by atoms with Gasteiger partial charge in [-0.15, -0.1) is 0 Å². The van der Waals surface area contributed by atoms with E-state index in [0.717, 1.165) is 12.1 Å². The van der Waals surface area contributed by atoms with Crippen LogP contribution in [0.3, 0.4) is 0 Å². The summed E-state index contributed by atoms with van der Waals surface area (Å²) in [4.78, 5) is 0. The summed E-state index contributed by atoms with van der Waals surface area (Å²) in [7, 11) is 0. The van der Waals surface area contributed by atoms with Crippen molar-refractivity contribution in [3.63, 3.8) is 0 Å². The zero-order valence-electron chi connectivity index (χ0n) is 10.8. The molecule has 1 atom stereocenters. The van der Waals surface area contributed by atoms with Gasteiger partial charge in [0.15, 0.2) is 0 Å². The third-order valence-electron chi connectivity index (χ3n) is 2.83. The predicted molar refractivity (Wildman–Crippen MR) is 73.4 cm³/mol. The third kappa shape index (κ3) is 4.12. The fourth-order valence-corrected chi connectivity index (χ4v) is 1.94.